The van der Waals surface area contributed by atoms with Gasteiger partial charge in [0, 0.05) is 16.6 Å². The van der Waals surface area contributed by atoms with Crippen LogP contribution in [0.1, 0.15) is 9.67 Å². The van der Waals surface area contributed by atoms with Crippen LogP contribution in [0.15, 0.2) is 42.7 Å². The fraction of sp³-hybridized carbons (Fsp3) is 0. The zero-order valence-electron chi connectivity index (χ0n) is 10.2. The van der Waals surface area contributed by atoms with E-state index in [1.54, 1.807) is 42.7 Å². The minimum absolute atomic E-state index is 0.455. The number of nitrogens with two attached hydrogens (primary N) is 1. The molecule has 0 spiro atoms. The minimum Gasteiger partial charge on any atom is -0.454 e. The molecule has 4 nitrogen and oxygen atoms in total. The van der Waals surface area contributed by atoms with Gasteiger partial charge in [0.2, 0.25) is 0 Å². The van der Waals surface area contributed by atoms with Gasteiger partial charge in [0.1, 0.15) is 5.75 Å². The van der Waals surface area contributed by atoms with E-state index in [0.717, 1.165) is 10.1 Å². The van der Waals surface area contributed by atoms with Gasteiger partial charge in [-0.3, -0.25) is 9.78 Å². The number of halogens is 1. The molecule has 1 aromatic carbocycles. The Bertz CT molecular complexity index is 783. The summed E-state index contributed by atoms with van der Waals surface area (Å²) >= 11 is 7.12. The van der Waals surface area contributed by atoms with Crippen molar-refractivity contribution in [3.63, 3.8) is 0 Å². The van der Waals surface area contributed by atoms with Crippen LogP contribution < -0.4 is 10.5 Å². The number of ether oxygens (including phenoxy) is 1. The lowest BCUT2D eigenvalue weighted by atomic mass is 10.3. The highest BCUT2D eigenvalue weighted by molar-refractivity contribution is 7.21. The summed E-state index contributed by atoms with van der Waals surface area (Å²) in [5.74, 6) is 0.781. The van der Waals surface area contributed by atoms with Gasteiger partial charge in [-0.1, -0.05) is 11.6 Å². The second-order valence-corrected chi connectivity index (χ2v) is 5.58. The van der Waals surface area contributed by atoms with Gasteiger partial charge < -0.3 is 10.5 Å². The number of primary amides is 1. The normalized spacial score (nSPS) is 10.7. The van der Waals surface area contributed by atoms with Crippen molar-refractivity contribution >= 4 is 38.9 Å². The summed E-state index contributed by atoms with van der Waals surface area (Å²) in [4.78, 5) is 15.8. The fourth-order valence-electron chi connectivity index (χ4n) is 1.76. The van der Waals surface area contributed by atoms with Crippen LogP contribution in [0.25, 0.3) is 10.1 Å². The topological polar surface area (TPSA) is 65.2 Å². The molecule has 0 aliphatic rings. The van der Waals surface area contributed by atoms with E-state index in [2.05, 4.69) is 4.98 Å². The molecule has 2 aromatic heterocycles. The number of carbonyl (C=O) groups excluding carboxylic acids is 1. The van der Waals surface area contributed by atoms with E-state index in [1.165, 1.54) is 11.3 Å². The Morgan fingerprint density at radius 1 is 1.25 bits per heavy atom. The number of aromatic nitrogens is 1. The number of hydrogen-bond acceptors (Lipinski definition) is 4. The third-order valence-electron chi connectivity index (χ3n) is 2.67. The number of pyridine rings is 1. The third-order valence-corrected chi connectivity index (χ3v) is 4.11. The zero-order valence-corrected chi connectivity index (χ0v) is 11.7. The molecular formula is C14H9ClN2O2S. The average Bonchev–Trinajstić information content (AvgIpc) is 2.87. The monoisotopic (exact) mass is 304 g/mol. The molecule has 0 radical (unpaired) electrons. The average molecular weight is 305 g/mol. The minimum atomic E-state index is -0.455. The van der Waals surface area contributed by atoms with Crippen LogP contribution in [0.2, 0.25) is 5.02 Å². The summed E-state index contributed by atoms with van der Waals surface area (Å²) in [6, 6.07) is 8.74. The van der Waals surface area contributed by atoms with Crippen molar-refractivity contribution in [3.8, 4) is 11.5 Å². The highest BCUT2D eigenvalue weighted by Gasteiger charge is 2.11. The molecule has 0 unspecified atom stereocenters. The molecule has 0 saturated carbocycles. The van der Waals surface area contributed by atoms with Crippen LogP contribution in [0.3, 0.4) is 0 Å². The number of benzene rings is 1. The Kier molecular flexibility index (Phi) is 3.30. The number of nitrogens with zero attached hydrogens (tertiary/aromatic N) is 1. The predicted molar refractivity (Wildman–Crippen MR) is 79.7 cm³/mol. The molecule has 0 fully saturated rings. The van der Waals surface area contributed by atoms with E-state index in [-0.39, 0.29) is 0 Å². The van der Waals surface area contributed by atoms with Crippen LogP contribution in [-0.4, -0.2) is 10.9 Å². The number of amides is 1. The van der Waals surface area contributed by atoms with E-state index in [1.807, 2.05) is 0 Å². The maximum absolute atomic E-state index is 11.2. The fourth-order valence-corrected chi connectivity index (χ4v) is 2.82. The number of carbonyl (C=O) groups is 1. The van der Waals surface area contributed by atoms with Gasteiger partial charge >= 0.3 is 0 Å². The highest BCUT2D eigenvalue weighted by Crippen LogP contribution is 2.35. The van der Waals surface area contributed by atoms with E-state index >= 15 is 0 Å². The van der Waals surface area contributed by atoms with E-state index in [0.29, 0.717) is 21.4 Å². The molecule has 0 bridgehead atoms. The number of hydrogen-bond donors (Lipinski definition) is 1. The molecule has 2 heterocycles. The van der Waals surface area contributed by atoms with E-state index in [4.69, 9.17) is 22.1 Å². The molecule has 0 aliphatic carbocycles. The Morgan fingerprint density at radius 2 is 2.00 bits per heavy atom. The number of thiophene rings is 1. The Labute approximate surface area is 123 Å². The third kappa shape index (κ3) is 2.45. The lowest BCUT2D eigenvalue weighted by molar-refractivity contribution is 0.100. The predicted octanol–water partition coefficient (Wildman–Crippen LogP) is 3.84. The summed E-state index contributed by atoms with van der Waals surface area (Å²) < 4.78 is 6.61. The number of fused-ring (bicyclic) bond motifs is 1. The standard InChI is InChI=1S/C14H9ClN2O2S/c15-9-1-3-10(4-2-9)19-11-7-17-6-8-5-12(14(16)18)20-13(8)11/h1-7H,(H2,16,18). The van der Waals surface area contributed by atoms with Crippen molar-refractivity contribution < 1.29 is 9.53 Å². The highest BCUT2D eigenvalue weighted by atomic mass is 35.5. The molecule has 100 valence electrons. The van der Waals surface area contributed by atoms with E-state index in [9.17, 15) is 4.79 Å². The van der Waals surface area contributed by atoms with Crippen molar-refractivity contribution in [1.82, 2.24) is 4.98 Å². The van der Waals surface area contributed by atoms with Crippen molar-refractivity contribution in [2.45, 2.75) is 0 Å². The summed E-state index contributed by atoms with van der Waals surface area (Å²) in [5, 5.41) is 1.47. The lowest BCUT2D eigenvalue weighted by Crippen LogP contribution is -2.07. The van der Waals surface area contributed by atoms with Crippen molar-refractivity contribution in [3.05, 3.63) is 52.6 Å². The maximum Gasteiger partial charge on any atom is 0.258 e. The Morgan fingerprint density at radius 3 is 2.70 bits per heavy atom. The quantitative estimate of drug-likeness (QED) is 0.799. The Hall–Kier alpha value is -2.11. The van der Waals surface area contributed by atoms with Crippen LogP contribution in [-0.2, 0) is 0 Å². The first kappa shape index (κ1) is 12.9. The molecular weight excluding hydrogens is 296 g/mol. The van der Waals surface area contributed by atoms with Gasteiger partial charge in [-0.05, 0) is 30.3 Å². The molecule has 0 atom stereocenters. The molecule has 3 aromatic rings. The number of rotatable bonds is 3. The van der Waals surface area contributed by atoms with Crippen LogP contribution in [0, 0.1) is 0 Å². The van der Waals surface area contributed by atoms with Gasteiger partial charge in [-0.25, -0.2) is 0 Å². The molecule has 0 aliphatic heterocycles. The largest absolute Gasteiger partial charge is 0.454 e. The summed E-state index contributed by atoms with van der Waals surface area (Å²) in [6.07, 6.45) is 3.28. The van der Waals surface area contributed by atoms with Crippen molar-refractivity contribution in [1.29, 1.82) is 0 Å². The summed E-state index contributed by atoms with van der Waals surface area (Å²) in [5.41, 5.74) is 5.29. The zero-order chi connectivity index (χ0) is 14.1. The lowest BCUT2D eigenvalue weighted by Gasteiger charge is -2.05. The maximum atomic E-state index is 11.2. The van der Waals surface area contributed by atoms with Crippen molar-refractivity contribution in [2.75, 3.05) is 0 Å². The van der Waals surface area contributed by atoms with Gasteiger partial charge in [0.15, 0.2) is 5.75 Å². The first-order chi connectivity index (χ1) is 9.63. The Balaban J connectivity index is 2.02. The van der Waals surface area contributed by atoms with Gasteiger partial charge in [0.25, 0.3) is 5.91 Å². The van der Waals surface area contributed by atoms with Gasteiger partial charge in [-0.2, -0.15) is 0 Å². The van der Waals surface area contributed by atoms with Crippen LogP contribution in [0.4, 0.5) is 0 Å². The first-order valence-electron chi connectivity index (χ1n) is 5.74. The summed E-state index contributed by atoms with van der Waals surface area (Å²) in [7, 11) is 0. The molecule has 1 amide bonds. The smallest absolute Gasteiger partial charge is 0.258 e. The first-order valence-corrected chi connectivity index (χ1v) is 6.94. The molecule has 6 heteroatoms. The van der Waals surface area contributed by atoms with Crippen molar-refractivity contribution in [2.24, 2.45) is 5.73 Å². The second kappa shape index (κ2) is 5.11. The van der Waals surface area contributed by atoms with Crippen LogP contribution in [0.5, 0.6) is 11.5 Å². The van der Waals surface area contributed by atoms with Gasteiger partial charge in [-0.15, -0.1) is 11.3 Å². The molecule has 2 N–H and O–H groups in total. The molecule has 3 rings (SSSR count). The van der Waals surface area contributed by atoms with Gasteiger partial charge in [0.05, 0.1) is 15.8 Å². The van der Waals surface area contributed by atoms with E-state index < -0.39 is 5.91 Å². The molecule has 0 saturated heterocycles. The summed E-state index contributed by atoms with van der Waals surface area (Å²) in [6.45, 7) is 0. The molecule has 20 heavy (non-hydrogen) atoms. The second-order valence-electron chi connectivity index (χ2n) is 4.09. The van der Waals surface area contributed by atoms with Crippen LogP contribution >= 0.6 is 22.9 Å². The SMILES string of the molecule is NC(=O)c1cc2cncc(Oc3ccc(Cl)cc3)c2s1.